The number of anilines is 1. The van der Waals surface area contributed by atoms with Gasteiger partial charge in [0.1, 0.15) is 24.7 Å². The van der Waals surface area contributed by atoms with Crippen LogP contribution in [-0.4, -0.2) is 13.2 Å². The van der Waals surface area contributed by atoms with Gasteiger partial charge >= 0.3 is 0 Å². The van der Waals surface area contributed by atoms with Crippen LogP contribution in [0.4, 0.5) is 5.69 Å². The lowest BCUT2D eigenvalue weighted by molar-refractivity contribution is 0.217. The number of ether oxygens (including phenoxy) is 2. The summed E-state index contributed by atoms with van der Waals surface area (Å²) in [7, 11) is 0. The fourth-order valence-electron chi connectivity index (χ4n) is 3.75. The van der Waals surface area contributed by atoms with Gasteiger partial charge in [0.2, 0.25) is 0 Å². The molecule has 0 aliphatic carbocycles. The Bertz CT molecular complexity index is 1130. The zero-order valence-electron chi connectivity index (χ0n) is 17.8. The fraction of sp³-hybridized carbons (Fsp3) is 0.185. The average Bonchev–Trinajstić information content (AvgIpc) is 2.83. The van der Waals surface area contributed by atoms with Crippen LogP contribution >= 0.6 is 0 Å². The molecule has 0 unspecified atom stereocenters. The molecule has 0 radical (unpaired) electrons. The van der Waals surface area contributed by atoms with Gasteiger partial charge in [0.25, 0.3) is 0 Å². The Hall–Kier alpha value is -3.50. The van der Waals surface area contributed by atoms with Gasteiger partial charge in [0, 0.05) is 11.1 Å². The van der Waals surface area contributed by atoms with E-state index < -0.39 is 0 Å². The quantitative estimate of drug-likeness (QED) is 0.195. The molecule has 0 aliphatic rings. The highest BCUT2D eigenvalue weighted by molar-refractivity contribution is 5.88. The van der Waals surface area contributed by atoms with E-state index in [0.717, 1.165) is 41.0 Å². The molecule has 3 N–H and O–H groups in total. The number of hydrazine groups is 1. The fourth-order valence-corrected chi connectivity index (χ4v) is 3.75. The average molecular weight is 413 g/mol. The second-order valence-corrected chi connectivity index (χ2v) is 7.47. The Morgan fingerprint density at radius 2 is 1.45 bits per heavy atom. The molecule has 0 heterocycles. The number of nitrogens with one attached hydrogen (secondary N) is 1. The van der Waals surface area contributed by atoms with Gasteiger partial charge in [-0.2, -0.15) is 0 Å². The minimum absolute atomic E-state index is 0.495. The summed E-state index contributed by atoms with van der Waals surface area (Å²) in [6.45, 7) is 3.17. The highest BCUT2D eigenvalue weighted by Crippen LogP contribution is 2.29. The minimum Gasteiger partial charge on any atom is -0.490 e. The Labute approximate surface area is 183 Å². The molecule has 0 aliphatic heterocycles. The maximum atomic E-state index is 6.10. The van der Waals surface area contributed by atoms with Crippen molar-refractivity contribution in [2.75, 3.05) is 18.6 Å². The van der Waals surface area contributed by atoms with Crippen LogP contribution in [0, 0.1) is 0 Å². The summed E-state index contributed by atoms with van der Waals surface area (Å²) in [6, 6.07) is 28.8. The number of benzene rings is 4. The molecule has 0 saturated heterocycles. The van der Waals surface area contributed by atoms with E-state index in [-0.39, 0.29) is 0 Å². The van der Waals surface area contributed by atoms with Crippen molar-refractivity contribution in [3.05, 3.63) is 90.5 Å². The van der Waals surface area contributed by atoms with Crippen LogP contribution in [0.2, 0.25) is 0 Å². The van der Waals surface area contributed by atoms with E-state index in [9.17, 15) is 0 Å². The van der Waals surface area contributed by atoms with Crippen LogP contribution in [0.25, 0.3) is 21.9 Å². The topological polar surface area (TPSA) is 56.5 Å². The Kier molecular flexibility index (Phi) is 6.70. The summed E-state index contributed by atoms with van der Waals surface area (Å²) >= 11 is 0. The number of hydrogen-bond donors (Lipinski definition) is 2. The molecule has 0 amide bonds. The van der Waals surface area contributed by atoms with E-state index in [1.807, 2.05) is 36.4 Å². The monoisotopic (exact) mass is 412 g/mol. The van der Waals surface area contributed by atoms with E-state index in [4.69, 9.17) is 15.3 Å². The molecule has 0 saturated carbocycles. The van der Waals surface area contributed by atoms with Crippen molar-refractivity contribution in [3.63, 3.8) is 0 Å². The van der Waals surface area contributed by atoms with Gasteiger partial charge in [-0.15, -0.1) is 0 Å². The number of nitrogen functional groups attached to an aromatic ring is 1. The van der Waals surface area contributed by atoms with Gasteiger partial charge in [-0.25, -0.2) is 0 Å². The van der Waals surface area contributed by atoms with Crippen molar-refractivity contribution < 1.29 is 9.47 Å². The van der Waals surface area contributed by atoms with Crippen molar-refractivity contribution in [3.8, 4) is 22.6 Å². The maximum Gasteiger partial charge on any atom is 0.127 e. The van der Waals surface area contributed by atoms with Gasteiger partial charge in [-0.05, 0) is 58.8 Å². The normalized spacial score (nSPS) is 10.8. The molecule has 0 bridgehead atoms. The highest BCUT2D eigenvalue weighted by atomic mass is 16.5. The zero-order chi connectivity index (χ0) is 21.5. The summed E-state index contributed by atoms with van der Waals surface area (Å²) in [5.74, 6) is 7.28. The number of aryl methyl sites for hydroxylation is 1. The molecule has 4 aromatic rings. The van der Waals surface area contributed by atoms with Crippen LogP contribution in [-0.2, 0) is 6.42 Å². The number of nitrogens with two attached hydrogens (primary N) is 1. The van der Waals surface area contributed by atoms with Crippen molar-refractivity contribution >= 4 is 16.5 Å². The summed E-state index contributed by atoms with van der Waals surface area (Å²) < 4.78 is 12.1. The van der Waals surface area contributed by atoms with Gasteiger partial charge < -0.3 is 14.9 Å². The predicted octanol–water partition coefficient (Wildman–Crippen LogP) is 6.20. The lowest BCUT2D eigenvalue weighted by atomic mass is 10.00. The first-order valence-corrected chi connectivity index (χ1v) is 10.7. The molecule has 158 valence electrons. The molecule has 4 aromatic carbocycles. The molecule has 0 aromatic heterocycles. The molecular formula is C27H28N2O2. The minimum atomic E-state index is 0.495. The number of rotatable bonds is 9. The molecule has 4 rings (SSSR count). The van der Waals surface area contributed by atoms with Gasteiger partial charge in [-0.3, -0.25) is 5.84 Å². The first-order valence-electron chi connectivity index (χ1n) is 10.7. The van der Waals surface area contributed by atoms with Gasteiger partial charge in [0.15, 0.2) is 0 Å². The maximum absolute atomic E-state index is 6.10. The third kappa shape index (κ3) is 4.98. The van der Waals surface area contributed by atoms with E-state index in [1.165, 1.54) is 16.5 Å². The summed E-state index contributed by atoms with van der Waals surface area (Å²) in [5, 5.41) is 2.30. The lowest BCUT2D eigenvalue weighted by Gasteiger charge is -2.14. The molecule has 0 spiro atoms. The largest absolute Gasteiger partial charge is 0.490 e. The Balaban J connectivity index is 1.42. The molecule has 31 heavy (non-hydrogen) atoms. The van der Waals surface area contributed by atoms with E-state index >= 15 is 0 Å². The molecular weight excluding hydrogens is 384 g/mol. The summed E-state index contributed by atoms with van der Waals surface area (Å²) in [6.07, 6.45) is 2.03. The van der Waals surface area contributed by atoms with E-state index in [1.54, 1.807) is 0 Å². The number of hydrogen-bond acceptors (Lipinski definition) is 4. The zero-order valence-corrected chi connectivity index (χ0v) is 17.8. The summed E-state index contributed by atoms with van der Waals surface area (Å²) in [4.78, 5) is 0. The first kappa shape index (κ1) is 20.8. The van der Waals surface area contributed by atoms with Crippen molar-refractivity contribution in [1.82, 2.24) is 0 Å². The Morgan fingerprint density at radius 3 is 2.23 bits per heavy atom. The van der Waals surface area contributed by atoms with Crippen molar-refractivity contribution in [2.24, 2.45) is 5.84 Å². The second-order valence-electron chi connectivity index (χ2n) is 7.47. The van der Waals surface area contributed by atoms with Gasteiger partial charge in [0.05, 0.1) is 0 Å². The second kappa shape index (κ2) is 10.0. The van der Waals surface area contributed by atoms with Crippen LogP contribution in [0.3, 0.4) is 0 Å². The first-order chi connectivity index (χ1) is 15.3. The van der Waals surface area contributed by atoms with Crippen LogP contribution in [0.5, 0.6) is 11.5 Å². The smallest absolute Gasteiger partial charge is 0.127 e. The SMILES string of the molecule is CCCc1cc(-c2ccc(NN)cc2)ccc1OCCOc1cccc2ccccc12. The van der Waals surface area contributed by atoms with Crippen LogP contribution < -0.4 is 20.7 Å². The third-order valence-corrected chi connectivity index (χ3v) is 5.31. The molecule has 0 fully saturated rings. The van der Waals surface area contributed by atoms with Crippen LogP contribution in [0.1, 0.15) is 18.9 Å². The number of fused-ring (bicyclic) bond motifs is 1. The van der Waals surface area contributed by atoms with E-state index in [0.29, 0.717) is 13.2 Å². The summed E-state index contributed by atoms with van der Waals surface area (Å²) in [5.41, 5.74) is 7.10. The molecule has 4 heteroatoms. The standard InChI is InChI=1S/C27H28N2O2/c1-2-6-23-19-22(20-11-14-24(29-28)15-12-20)13-16-26(23)30-17-18-31-27-10-5-8-21-7-3-4-9-25(21)27/h3-5,7-16,19,29H,2,6,17-18,28H2,1H3. The Morgan fingerprint density at radius 1 is 0.742 bits per heavy atom. The highest BCUT2D eigenvalue weighted by Gasteiger charge is 2.08. The van der Waals surface area contributed by atoms with E-state index in [2.05, 4.69) is 60.9 Å². The third-order valence-electron chi connectivity index (χ3n) is 5.31. The van der Waals surface area contributed by atoms with Crippen molar-refractivity contribution in [1.29, 1.82) is 0 Å². The predicted molar refractivity (Wildman–Crippen MR) is 129 cm³/mol. The molecule has 0 atom stereocenters. The van der Waals surface area contributed by atoms with Crippen molar-refractivity contribution in [2.45, 2.75) is 19.8 Å². The molecule has 4 nitrogen and oxygen atoms in total. The van der Waals surface area contributed by atoms with Gasteiger partial charge in [-0.1, -0.05) is 67.9 Å². The van der Waals surface area contributed by atoms with Crippen LogP contribution in [0.15, 0.2) is 84.9 Å². The lowest BCUT2D eigenvalue weighted by Crippen LogP contribution is -2.10.